The highest BCUT2D eigenvalue weighted by Gasteiger charge is 2.85. The molecule has 20 nitrogen and oxygen atoms in total. The van der Waals surface area contributed by atoms with Gasteiger partial charge in [0.2, 0.25) is 12.2 Å². The van der Waals surface area contributed by atoms with Gasteiger partial charge in [-0.1, -0.05) is 90.0 Å². The van der Waals surface area contributed by atoms with Crippen LogP contribution in [-0.4, -0.2) is 134 Å². The molecule has 7 aliphatic rings. The number of carbonyl (C=O) groups excluding carboxylic acids is 6. The molecule has 2 saturated heterocycles. The molecule has 20 heteroatoms. The van der Waals surface area contributed by atoms with E-state index < -0.39 is 131 Å². The van der Waals surface area contributed by atoms with E-state index in [9.17, 15) is 39.6 Å². The van der Waals surface area contributed by atoms with E-state index in [4.69, 9.17) is 37.9 Å². The highest BCUT2D eigenvalue weighted by molar-refractivity contribution is 6.11. The van der Waals surface area contributed by atoms with Crippen LogP contribution in [0.1, 0.15) is 138 Å². The Morgan fingerprint density at radius 2 is 1.38 bits per heavy atom. The van der Waals surface area contributed by atoms with Gasteiger partial charge in [0.05, 0.1) is 29.3 Å². The van der Waals surface area contributed by atoms with Crippen LogP contribution in [0.15, 0.2) is 126 Å². The third-order valence-electron chi connectivity index (χ3n) is 18.4. The van der Waals surface area contributed by atoms with Crippen molar-refractivity contribution >= 4 is 41.5 Å². The lowest BCUT2D eigenvalue weighted by Gasteiger charge is -2.63. The van der Waals surface area contributed by atoms with Gasteiger partial charge >= 0.3 is 17.9 Å². The molecule has 3 saturated carbocycles. The number of aliphatic hydroxyl groups is 4. The van der Waals surface area contributed by atoms with Crippen molar-refractivity contribution in [2.75, 3.05) is 6.61 Å². The van der Waals surface area contributed by atoms with E-state index in [0.717, 1.165) is 22.3 Å². The summed E-state index contributed by atoms with van der Waals surface area (Å²) in [5.41, 5.74) is -1.82. The summed E-state index contributed by atoms with van der Waals surface area (Å²) in [5, 5.41) is 47.4. The molecule has 6 N–H and O–H groups in total. The number of hydrogen-bond acceptors (Lipinski definition) is 19. The summed E-state index contributed by atoms with van der Waals surface area (Å²) in [7, 11) is 0. The van der Waals surface area contributed by atoms with E-state index in [2.05, 4.69) is 16.7 Å². The standard InChI is InChI=1S/C71H82N2O18/c1-38(2)18-17-31-69(10)32-30-48-59(89-69)47(28-23-39(3)4)61-52(60(48)88-66(83)45-24-26-46(27-25-45)86-67-58(78)57(77)55(75)50(35-74)87-67)56(76)53-54(72-41(6)64(81)84-36-43-19-13-11-14-20-43)49-34-51-68(8,9)91-70(62(49)79,71(51,53)90-61)33-29-40(5)63(80)73-42(7)65(82)85-37-44-21-15-12-16-22-44/h11-16,18-27,29-30,32,41-42,49-51,53-55,57-58,67,72,74-75,77-78H,17,28,31,33-37H2,1-10H3,(H,73,80)/b40-29-/t41?,42?,49?,50-,51?,53?,54?,55-,57-,58-,67-,69?,70?,71?/m1/s1. The van der Waals surface area contributed by atoms with Crippen molar-refractivity contribution in [3.05, 3.63) is 159 Å². The summed E-state index contributed by atoms with van der Waals surface area (Å²) in [6.07, 6.45) is 2.65. The first kappa shape index (κ1) is 66.1. The SMILES string of the molecule is CC(C)=CCCC1(C)C=Cc2c(c(CC=C(C)C)c3c(c2OC(=O)c2ccc(O[C@@H]4O[C@H](CO)[C@@H](O)[C@@H](O)[C@H]4O)cc2)C(=O)C2C(NC(C)C(=O)OCc4ccccc4)C4CC5C(C)(C)OC(C/C=C(/C)C(=O)NC(C)C(=O)OCc6ccccc6)(C4=O)C25O3)O1. The molecule has 0 radical (unpaired) electrons. The van der Waals surface area contributed by atoms with Gasteiger partial charge in [0, 0.05) is 35.4 Å². The maximum Gasteiger partial charge on any atom is 0.343 e. The number of amides is 1. The Bertz CT molecular complexity index is 3570. The molecule has 1 spiro atoms. The van der Waals surface area contributed by atoms with Crippen LogP contribution in [0.5, 0.6) is 23.0 Å². The number of benzene rings is 4. The van der Waals surface area contributed by atoms with E-state index in [1.165, 1.54) is 31.2 Å². The Hall–Kier alpha value is -7.82. The lowest BCUT2D eigenvalue weighted by atomic mass is 9.45. The second-order valence-electron chi connectivity index (χ2n) is 26.0. The summed E-state index contributed by atoms with van der Waals surface area (Å²) in [4.78, 5) is 89.5. The highest BCUT2D eigenvalue weighted by Crippen LogP contribution is 2.70. The zero-order valence-electron chi connectivity index (χ0n) is 53.0. The number of hydrogen-bond donors (Lipinski definition) is 6. The second-order valence-corrected chi connectivity index (χ2v) is 26.0. The molecule has 4 aromatic rings. The fourth-order valence-corrected chi connectivity index (χ4v) is 13.7. The number of esters is 3. The van der Waals surface area contributed by atoms with E-state index >= 15 is 9.59 Å². The molecular weight excluding hydrogens is 1170 g/mol. The summed E-state index contributed by atoms with van der Waals surface area (Å²) in [5.74, 6) is -6.82. The van der Waals surface area contributed by atoms with Crippen LogP contribution in [0, 0.1) is 17.8 Å². The first-order valence-corrected chi connectivity index (χ1v) is 31.0. The number of allylic oxidation sites excluding steroid dienone is 4. The number of ether oxygens (including phenoxy) is 8. The largest absolute Gasteiger partial charge is 0.482 e. The monoisotopic (exact) mass is 1250 g/mol. The first-order chi connectivity index (χ1) is 43.2. The van der Waals surface area contributed by atoms with Crippen molar-refractivity contribution < 1.29 is 87.1 Å². The molecular formula is C71H82N2O18. The molecule has 4 heterocycles. The van der Waals surface area contributed by atoms with Crippen LogP contribution < -0.4 is 29.6 Å². The molecule has 11 rings (SSSR count). The van der Waals surface area contributed by atoms with Gasteiger partial charge in [0.1, 0.15) is 78.1 Å². The van der Waals surface area contributed by atoms with E-state index in [1.54, 1.807) is 26.0 Å². The Morgan fingerprint density at radius 3 is 2.00 bits per heavy atom. The van der Waals surface area contributed by atoms with Crippen molar-refractivity contribution in [1.82, 2.24) is 10.6 Å². The maximum atomic E-state index is 17.0. The van der Waals surface area contributed by atoms with Gasteiger partial charge in [-0.2, -0.15) is 0 Å². The van der Waals surface area contributed by atoms with Gasteiger partial charge in [0.15, 0.2) is 28.5 Å². The van der Waals surface area contributed by atoms with Crippen molar-refractivity contribution in [3.8, 4) is 23.0 Å². The molecule has 484 valence electrons. The number of nitrogens with one attached hydrogen (secondary N) is 2. The maximum absolute atomic E-state index is 17.0. The number of ketones is 2. The van der Waals surface area contributed by atoms with Crippen molar-refractivity contribution in [3.63, 3.8) is 0 Å². The highest BCUT2D eigenvalue weighted by atomic mass is 16.7. The molecule has 1 amide bonds. The number of Topliss-reactive ketones (excluding diaryl/α,β-unsaturated/α-hetero) is 2. The number of rotatable bonds is 22. The number of carbonyl (C=O) groups is 6. The third-order valence-corrected chi connectivity index (χ3v) is 18.4. The lowest BCUT2D eigenvalue weighted by molar-refractivity contribution is -0.277. The molecule has 9 unspecified atom stereocenters. The van der Waals surface area contributed by atoms with Gasteiger partial charge in [-0.3, -0.25) is 19.2 Å². The summed E-state index contributed by atoms with van der Waals surface area (Å²) >= 11 is 0. The van der Waals surface area contributed by atoms with E-state index in [-0.39, 0.29) is 77.7 Å². The third kappa shape index (κ3) is 12.8. The van der Waals surface area contributed by atoms with Gasteiger partial charge < -0.3 is 69.0 Å². The first-order valence-electron chi connectivity index (χ1n) is 31.0. The van der Waals surface area contributed by atoms with Crippen LogP contribution in [0.2, 0.25) is 0 Å². The Balaban J connectivity index is 1.09. The van der Waals surface area contributed by atoms with E-state index in [0.29, 0.717) is 18.4 Å². The summed E-state index contributed by atoms with van der Waals surface area (Å²) in [6, 6.07) is 20.5. The van der Waals surface area contributed by atoms with Crippen molar-refractivity contribution in [2.24, 2.45) is 17.8 Å². The Morgan fingerprint density at radius 1 is 0.758 bits per heavy atom. The molecule has 3 aliphatic carbocycles. The van der Waals surface area contributed by atoms with Crippen LogP contribution in [-0.2, 0) is 57.8 Å². The fourth-order valence-electron chi connectivity index (χ4n) is 13.7. The molecule has 4 aromatic carbocycles. The molecule has 0 aromatic heterocycles. The molecule has 5 fully saturated rings. The fraction of sp³-hybridized carbons (Fsp3) is 0.465. The minimum Gasteiger partial charge on any atom is -0.482 e. The van der Waals surface area contributed by atoms with Crippen LogP contribution in [0.4, 0.5) is 0 Å². The minimum atomic E-state index is -1.99. The average Bonchev–Trinajstić information content (AvgIpc) is 1.55. The van der Waals surface area contributed by atoms with E-state index in [1.807, 2.05) is 121 Å². The summed E-state index contributed by atoms with van der Waals surface area (Å²) in [6.45, 7) is 17.4. The average molecular weight is 1250 g/mol. The van der Waals surface area contributed by atoms with Crippen LogP contribution >= 0.6 is 0 Å². The van der Waals surface area contributed by atoms with Crippen molar-refractivity contribution in [2.45, 2.75) is 186 Å². The summed E-state index contributed by atoms with van der Waals surface area (Å²) < 4.78 is 51.5. The zero-order chi connectivity index (χ0) is 65.5. The van der Waals surface area contributed by atoms with Crippen molar-refractivity contribution in [1.29, 1.82) is 0 Å². The Labute approximate surface area is 529 Å². The normalized spacial score (nSPS) is 28.8. The van der Waals surface area contributed by atoms with Gasteiger partial charge in [-0.25, -0.2) is 9.59 Å². The lowest BCUT2D eigenvalue weighted by Crippen LogP contribution is -2.82. The van der Waals surface area contributed by atoms with Gasteiger partial charge in [0.25, 0.3) is 0 Å². The number of fused-ring (bicyclic) bond motifs is 2. The predicted molar refractivity (Wildman–Crippen MR) is 333 cm³/mol. The van der Waals surface area contributed by atoms with Crippen LogP contribution in [0.3, 0.4) is 0 Å². The smallest absolute Gasteiger partial charge is 0.343 e. The molecule has 14 atom stereocenters. The Kier molecular flexibility index (Phi) is 19.2. The molecule has 91 heavy (non-hydrogen) atoms. The zero-order valence-corrected chi connectivity index (χ0v) is 53.0. The number of aliphatic hydroxyl groups excluding tert-OH is 4. The molecule has 4 bridgehead atoms. The van der Waals surface area contributed by atoms with Gasteiger partial charge in [-0.15, -0.1) is 0 Å². The predicted octanol–water partition coefficient (Wildman–Crippen LogP) is 7.88. The van der Waals surface area contributed by atoms with Crippen LogP contribution in [0.25, 0.3) is 6.08 Å². The molecule has 4 aliphatic heterocycles. The quantitative estimate of drug-likeness (QED) is 0.0189. The second kappa shape index (κ2) is 26.4. The topological polar surface area (TPSA) is 281 Å². The van der Waals surface area contributed by atoms with Gasteiger partial charge in [-0.05, 0) is 142 Å². The minimum absolute atomic E-state index is 0.00625.